The summed E-state index contributed by atoms with van der Waals surface area (Å²) >= 11 is 5.82. The van der Waals surface area contributed by atoms with Gasteiger partial charge >= 0.3 is 0 Å². The molecule has 0 fully saturated rings. The average Bonchev–Trinajstić information content (AvgIpc) is 2.41. The molecule has 2 aromatic rings. The molecule has 0 saturated carbocycles. The summed E-state index contributed by atoms with van der Waals surface area (Å²) in [5, 5.41) is 3.35. The normalized spacial score (nSPS) is 10.7. The van der Waals surface area contributed by atoms with E-state index in [0.717, 1.165) is 5.56 Å². The van der Waals surface area contributed by atoms with Gasteiger partial charge in [-0.05, 0) is 38.1 Å². The van der Waals surface area contributed by atoms with Gasteiger partial charge in [-0.25, -0.2) is 4.98 Å². The lowest BCUT2D eigenvalue weighted by atomic mass is 10.2. The Morgan fingerprint density at radius 1 is 1.33 bits per heavy atom. The predicted molar refractivity (Wildman–Crippen MR) is 82.3 cm³/mol. The number of halogens is 1. The molecule has 1 aromatic carbocycles. The Labute approximate surface area is 127 Å². The van der Waals surface area contributed by atoms with E-state index in [0.29, 0.717) is 16.4 Å². The van der Waals surface area contributed by atoms with E-state index in [1.807, 2.05) is 13.8 Å². The lowest BCUT2D eigenvalue weighted by Gasteiger charge is -2.08. The van der Waals surface area contributed by atoms with Gasteiger partial charge in [0, 0.05) is 28.4 Å². The van der Waals surface area contributed by atoms with Crippen LogP contribution in [0.3, 0.4) is 0 Å². The zero-order valence-electron chi connectivity index (χ0n) is 11.8. The molecule has 1 aromatic heterocycles. The molecule has 2 rings (SSSR count). The van der Waals surface area contributed by atoms with Crippen molar-refractivity contribution in [2.45, 2.75) is 26.3 Å². The smallest absolute Gasteiger partial charge is 0.254 e. The first-order chi connectivity index (χ1) is 9.95. The van der Waals surface area contributed by atoms with Crippen LogP contribution in [0.15, 0.2) is 35.3 Å². The van der Waals surface area contributed by atoms with Gasteiger partial charge in [-0.15, -0.1) is 0 Å². The number of H-pyrrole nitrogens is 1. The van der Waals surface area contributed by atoms with Gasteiger partial charge in [0.05, 0.1) is 6.42 Å². The molecule has 0 unspecified atom stereocenters. The van der Waals surface area contributed by atoms with Crippen LogP contribution in [-0.4, -0.2) is 21.9 Å². The molecule has 6 heteroatoms. The average molecular weight is 306 g/mol. The van der Waals surface area contributed by atoms with Crippen LogP contribution >= 0.6 is 11.6 Å². The molecule has 0 spiro atoms. The van der Waals surface area contributed by atoms with Crippen molar-refractivity contribution in [2.24, 2.45) is 0 Å². The first kappa shape index (κ1) is 15.3. The number of nitrogens with zero attached hydrogens (tertiary/aromatic N) is 1. The van der Waals surface area contributed by atoms with Crippen LogP contribution in [0.5, 0.6) is 0 Å². The second kappa shape index (κ2) is 6.54. The maximum Gasteiger partial charge on any atom is 0.254 e. The van der Waals surface area contributed by atoms with Gasteiger partial charge in [0.15, 0.2) is 0 Å². The standard InChI is InChI=1S/C15H16ClN3O2/c1-9(2)18-13(20)7-11-8-17-14(19-15(11)21)10-3-5-12(16)6-4-10/h3-6,8-9H,7H2,1-2H3,(H,18,20)(H,17,19,21). The fourth-order valence-electron chi connectivity index (χ4n) is 1.85. The number of hydrogen-bond donors (Lipinski definition) is 2. The number of carbonyl (C=O) groups excluding carboxylic acids is 1. The number of amides is 1. The molecule has 1 amide bonds. The van der Waals surface area contributed by atoms with E-state index in [-0.39, 0.29) is 23.9 Å². The van der Waals surface area contributed by atoms with Crippen LogP contribution in [0, 0.1) is 0 Å². The molecular weight excluding hydrogens is 290 g/mol. The summed E-state index contributed by atoms with van der Waals surface area (Å²) in [6.45, 7) is 3.73. The van der Waals surface area contributed by atoms with Gasteiger partial charge in [0.2, 0.25) is 5.91 Å². The number of aromatic nitrogens is 2. The first-order valence-electron chi connectivity index (χ1n) is 6.59. The highest BCUT2D eigenvalue weighted by Gasteiger charge is 2.10. The molecule has 1 heterocycles. The minimum Gasteiger partial charge on any atom is -0.354 e. The van der Waals surface area contributed by atoms with Gasteiger partial charge in [0.25, 0.3) is 5.56 Å². The summed E-state index contributed by atoms with van der Waals surface area (Å²) in [6.07, 6.45) is 1.45. The van der Waals surface area contributed by atoms with Crippen molar-refractivity contribution in [3.05, 3.63) is 51.4 Å². The van der Waals surface area contributed by atoms with Crippen molar-refractivity contribution >= 4 is 17.5 Å². The molecule has 0 saturated heterocycles. The van der Waals surface area contributed by atoms with E-state index in [2.05, 4.69) is 15.3 Å². The van der Waals surface area contributed by atoms with Crippen LogP contribution in [0.2, 0.25) is 5.02 Å². The van der Waals surface area contributed by atoms with Crippen molar-refractivity contribution in [2.75, 3.05) is 0 Å². The van der Waals surface area contributed by atoms with E-state index < -0.39 is 0 Å². The SMILES string of the molecule is CC(C)NC(=O)Cc1cnc(-c2ccc(Cl)cc2)[nH]c1=O. The minimum absolute atomic E-state index is 0.0153. The third-order valence-corrected chi connectivity index (χ3v) is 3.04. The van der Waals surface area contributed by atoms with Crippen LogP contribution in [0.25, 0.3) is 11.4 Å². The molecule has 0 radical (unpaired) electrons. The van der Waals surface area contributed by atoms with Crippen LogP contribution in [0.1, 0.15) is 19.4 Å². The fourth-order valence-corrected chi connectivity index (χ4v) is 1.97. The topological polar surface area (TPSA) is 74.8 Å². The maximum absolute atomic E-state index is 12.0. The maximum atomic E-state index is 12.0. The molecule has 0 aliphatic heterocycles. The number of rotatable bonds is 4. The van der Waals surface area contributed by atoms with Gasteiger partial charge in [-0.1, -0.05) is 11.6 Å². The van der Waals surface area contributed by atoms with Gasteiger partial charge < -0.3 is 10.3 Å². The highest BCUT2D eigenvalue weighted by molar-refractivity contribution is 6.30. The summed E-state index contributed by atoms with van der Waals surface area (Å²) in [5.74, 6) is 0.251. The Hall–Kier alpha value is -2.14. The van der Waals surface area contributed by atoms with Crippen LogP contribution < -0.4 is 10.9 Å². The highest BCUT2D eigenvalue weighted by Crippen LogP contribution is 2.16. The molecule has 21 heavy (non-hydrogen) atoms. The lowest BCUT2D eigenvalue weighted by Crippen LogP contribution is -2.33. The fraction of sp³-hybridized carbons (Fsp3) is 0.267. The summed E-state index contributed by atoms with van der Waals surface area (Å²) in [6, 6.07) is 7.03. The second-order valence-electron chi connectivity index (χ2n) is 4.99. The number of hydrogen-bond acceptors (Lipinski definition) is 3. The van der Waals surface area contributed by atoms with E-state index in [9.17, 15) is 9.59 Å². The number of aromatic amines is 1. The van der Waals surface area contributed by atoms with Gasteiger partial charge in [-0.3, -0.25) is 9.59 Å². The van der Waals surface area contributed by atoms with E-state index in [4.69, 9.17) is 11.6 Å². The van der Waals surface area contributed by atoms with Crippen LogP contribution in [-0.2, 0) is 11.2 Å². The van der Waals surface area contributed by atoms with Crippen LogP contribution in [0.4, 0.5) is 0 Å². The molecule has 2 N–H and O–H groups in total. The molecule has 0 atom stereocenters. The van der Waals surface area contributed by atoms with Crippen molar-refractivity contribution in [1.82, 2.24) is 15.3 Å². The Morgan fingerprint density at radius 2 is 2.00 bits per heavy atom. The van der Waals surface area contributed by atoms with Gasteiger partial charge in [0.1, 0.15) is 5.82 Å². The Morgan fingerprint density at radius 3 is 2.57 bits per heavy atom. The Bertz CT molecular complexity index is 693. The first-order valence-corrected chi connectivity index (χ1v) is 6.97. The molecule has 0 aliphatic carbocycles. The Kier molecular flexibility index (Phi) is 4.75. The molecule has 0 bridgehead atoms. The molecule has 0 aliphatic rings. The van der Waals surface area contributed by atoms with E-state index >= 15 is 0 Å². The number of carbonyl (C=O) groups is 1. The molecule has 5 nitrogen and oxygen atoms in total. The number of benzene rings is 1. The summed E-state index contributed by atoms with van der Waals surface area (Å²) in [7, 11) is 0. The molecule has 110 valence electrons. The number of nitrogens with one attached hydrogen (secondary N) is 2. The van der Waals surface area contributed by atoms with E-state index in [1.54, 1.807) is 24.3 Å². The van der Waals surface area contributed by atoms with Crippen molar-refractivity contribution in [3.8, 4) is 11.4 Å². The Balaban J connectivity index is 2.20. The van der Waals surface area contributed by atoms with E-state index in [1.165, 1.54) is 6.20 Å². The lowest BCUT2D eigenvalue weighted by molar-refractivity contribution is -0.120. The zero-order chi connectivity index (χ0) is 15.4. The highest BCUT2D eigenvalue weighted by atomic mass is 35.5. The largest absolute Gasteiger partial charge is 0.354 e. The quantitative estimate of drug-likeness (QED) is 0.909. The predicted octanol–water partition coefficient (Wildman–Crippen LogP) is 2.16. The third kappa shape index (κ3) is 4.16. The monoisotopic (exact) mass is 305 g/mol. The van der Waals surface area contributed by atoms with Gasteiger partial charge in [-0.2, -0.15) is 0 Å². The van der Waals surface area contributed by atoms with Crippen molar-refractivity contribution in [1.29, 1.82) is 0 Å². The minimum atomic E-state index is -0.311. The zero-order valence-corrected chi connectivity index (χ0v) is 12.6. The summed E-state index contributed by atoms with van der Waals surface area (Å²) in [4.78, 5) is 30.5. The summed E-state index contributed by atoms with van der Waals surface area (Å²) < 4.78 is 0. The van der Waals surface area contributed by atoms with Crippen molar-refractivity contribution < 1.29 is 4.79 Å². The van der Waals surface area contributed by atoms with Crippen molar-refractivity contribution in [3.63, 3.8) is 0 Å². The molecular formula is C15H16ClN3O2. The third-order valence-electron chi connectivity index (χ3n) is 2.79. The summed E-state index contributed by atoms with van der Waals surface area (Å²) in [5.41, 5.74) is 0.786. The second-order valence-corrected chi connectivity index (χ2v) is 5.43.